The van der Waals surface area contributed by atoms with Crippen molar-refractivity contribution in [2.45, 2.75) is 52.1 Å². The van der Waals surface area contributed by atoms with E-state index in [0.717, 1.165) is 33.8 Å². The number of aryl methyl sites for hydroxylation is 2. The number of rotatable bonds is 8. The van der Waals surface area contributed by atoms with Gasteiger partial charge in [-0.15, -0.1) is 11.3 Å². The smallest absolute Gasteiger partial charge is 0.416 e. The number of nitrogens with zero attached hydrogens (tertiary/aromatic N) is 1. The topological polar surface area (TPSA) is 50.2 Å². The maximum atomic E-state index is 12.9. The van der Waals surface area contributed by atoms with Gasteiger partial charge in [-0.1, -0.05) is 38.1 Å². The Morgan fingerprint density at radius 2 is 1.82 bits per heavy atom. The number of ketones is 1. The maximum absolute atomic E-state index is 12.9. The summed E-state index contributed by atoms with van der Waals surface area (Å²) in [7, 11) is 0. The first-order valence-corrected chi connectivity index (χ1v) is 11.7. The first-order chi connectivity index (χ1) is 15.5. The Bertz CT molecular complexity index is 1170. The van der Waals surface area contributed by atoms with Crippen molar-refractivity contribution >= 4 is 34.4 Å². The Balaban J connectivity index is 1.77. The number of hydrogen-bond donors (Lipinski definition) is 1. The first kappa shape index (κ1) is 25.1. The van der Waals surface area contributed by atoms with E-state index < -0.39 is 11.7 Å². The van der Waals surface area contributed by atoms with Crippen molar-refractivity contribution in [1.82, 2.24) is 4.98 Å². The molecule has 3 aromatic rings. The Kier molecular flexibility index (Phi) is 7.69. The van der Waals surface area contributed by atoms with Crippen LogP contribution in [-0.4, -0.2) is 20.9 Å². The highest BCUT2D eigenvalue weighted by Crippen LogP contribution is 2.35. The summed E-state index contributed by atoms with van der Waals surface area (Å²) in [5, 5.41) is 9.89. The van der Waals surface area contributed by atoms with Crippen LogP contribution in [0.2, 0.25) is 0 Å². The molecule has 0 unspecified atom stereocenters. The molecule has 0 radical (unpaired) electrons. The van der Waals surface area contributed by atoms with Crippen molar-refractivity contribution in [1.29, 1.82) is 0 Å². The number of halogens is 3. The lowest BCUT2D eigenvalue weighted by molar-refractivity contribution is -0.137. The van der Waals surface area contributed by atoms with Crippen molar-refractivity contribution in [3.8, 4) is 10.6 Å². The molecular weight excluding hydrogens is 467 g/mol. The largest absolute Gasteiger partial charge is 0.502 e. The molecule has 0 saturated heterocycles. The number of alkyl halides is 3. The van der Waals surface area contributed by atoms with E-state index in [1.807, 2.05) is 20.8 Å². The molecule has 0 saturated carbocycles. The molecule has 174 valence electrons. The van der Waals surface area contributed by atoms with Gasteiger partial charge in [0.05, 0.1) is 11.3 Å². The highest BCUT2D eigenvalue weighted by molar-refractivity contribution is 7.80. The van der Waals surface area contributed by atoms with E-state index in [9.17, 15) is 23.1 Å². The zero-order valence-corrected chi connectivity index (χ0v) is 20.1. The Hall–Kier alpha value is -2.58. The number of aromatic nitrogens is 1. The summed E-state index contributed by atoms with van der Waals surface area (Å²) in [6.07, 6.45) is -3.30. The summed E-state index contributed by atoms with van der Waals surface area (Å²) in [5.74, 6) is 0.119. The minimum Gasteiger partial charge on any atom is -0.502 e. The molecule has 0 amide bonds. The number of aliphatic hydroxyl groups excluding tert-OH is 1. The average Bonchev–Trinajstić information content (AvgIpc) is 3.17. The second-order valence-corrected chi connectivity index (χ2v) is 9.75. The van der Waals surface area contributed by atoms with Crippen molar-refractivity contribution in [2.75, 3.05) is 0 Å². The zero-order valence-electron chi connectivity index (χ0n) is 18.5. The van der Waals surface area contributed by atoms with E-state index in [2.05, 4.69) is 4.98 Å². The molecule has 2 aromatic carbocycles. The van der Waals surface area contributed by atoms with Crippen LogP contribution < -0.4 is 0 Å². The lowest BCUT2D eigenvalue weighted by Crippen LogP contribution is -2.05. The van der Waals surface area contributed by atoms with Crippen LogP contribution in [0.15, 0.2) is 42.5 Å². The number of carbonyl (C=O) groups excluding carboxylic acids is 1. The van der Waals surface area contributed by atoms with E-state index in [1.165, 1.54) is 23.5 Å². The Labute approximate surface area is 200 Å². The SMILES string of the molecule is Cc1cc(C(=O)CCc2sc(-c3ccc(C(F)(F)F)cc3)nc2C(C)C)ccc1CC(O)=S. The summed E-state index contributed by atoms with van der Waals surface area (Å²) < 4.78 is 38.6. The van der Waals surface area contributed by atoms with Gasteiger partial charge in [-0.05, 0) is 60.8 Å². The number of aliphatic hydroxyl groups is 1. The van der Waals surface area contributed by atoms with Gasteiger partial charge in [0.1, 0.15) is 5.01 Å². The molecule has 0 bridgehead atoms. The third-order valence-electron chi connectivity index (χ3n) is 5.32. The molecule has 8 heteroatoms. The number of thiazole rings is 1. The van der Waals surface area contributed by atoms with E-state index in [0.29, 0.717) is 29.0 Å². The normalized spacial score (nSPS) is 11.7. The van der Waals surface area contributed by atoms with Gasteiger partial charge in [0.15, 0.2) is 10.8 Å². The van der Waals surface area contributed by atoms with Crippen molar-refractivity contribution < 1.29 is 23.1 Å². The summed E-state index contributed by atoms with van der Waals surface area (Å²) >= 11 is 6.16. The standard InChI is InChI=1S/C25H24F3NO2S2/c1-14(2)23-21(33-24(29-23)16-6-8-19(9-7-16)25(26,27)28)11-10-20(30)18-5-4-17(13-22(31)32)15(3)12-18/h4-9,12,14H,10-11,13H2,1-3H3,(H,31,32). The Morgan fingerprint density at radius 3 is 2.36 bits per heavy atom. The number of thiocarbonyl (C=S) groups is 1. The molecule has 1 heterocycles. The quantitative estimate of drug-likeness (QED) is 0.262. The fourth-order valence-corrected chi connectivity index (χ4v) is 4.90. The minimum atomic E-state index is -4.38. The summed E-state index contributed by atoms with van der Waals surface area (Å²) in [4.78, 5) is 18.4. The molecule has 1 N–H and O–H groups in total. The van der Waals surface area contributed by atoms with Crippen LogP contribution in [0, 0.1) is 6.92 Å². The van der Waals surface area contributed by atoms with E-state index >= 15 is 0 Å². The number of hydrogen-bond acceptors (Lipinski definition) is 4. The zero-order chi connectivity index (χ0) is 24.3. The molecule has 0 aliphatic carbocycles. The van der Waals surface area contributed by atoms with Crippen LogP contribution in [0.25, 0.3) is 10.6 Å². The third-order valence-corrected chi connectivity index (χ3v) is 6.64. The average molecular weight is 492 g/mol. The molecule has 0 aliphatic rings. The van der Waals surface area contributed by atoms with Gasteiger partial charge in [0, 0.05) is 28.8 Å². The van der Waals surface area contributed by atoms with Crippen molar-refractivity contribution in [3.05, 3.63) is 75.3 Å². The van der Waals surface area contributed by atoms with Gasteiger partial charge in [0.2, 0.25) is 0 Å². The van der Waals surface area contributed by atoms with Crippen LogP contribution in [0.3, 0.4) is 0 Å². The molecule has 0 atom stereocenters. The van der Waals surface area contributed by atoms with Gasteiger partial charge in [0.25, 0.3) is 0 Å². The highest BCUT2D eigenvalue weighted by Gasteiger charge is 2.30. The predicted octanol–water partition coefficient (Wildman–Crippen LogP) is 7.50. The number of Topliss-reactive ketones (excluding diaryl/α,β-unsaturated/α-hetero) is 1. The van der Waals surface area contributed by atoms with Gasteiger partial charge in [-0.25, -0.2) is 4.98 Å². The lowest BCUT2D eigenvalue weighted by atomic mass is 9.98. The summed E-state index contributed by atoms with van der Waals surface area (Å²) in [5.41, 5.74) is 3.16. The molecule has 3 nitrogen and oxygen atoms in total. The number of carbonyl (C=O) groups is 1. The van der Waals surface area contributed by atoms with Gasteiger partial charge in [-0.2, -0.15) is 13.2 Å². The Morgan fingerprint density at radius 1 is 1.15 bits per heavy atom. The lowest BCUT2D eigenvalue weighted by Gasteiger charge is -2.08. The first-order valence-electron chi connectivity index (χ1n) is 10.5. The van der Waals surface area contributed by atoms with Crippen LogP contribution in [0.1, 0.15) is 63.8 Å². The molecule has 0 spiro atoms. The van der Waals surface area contributed by atoms with Crippen molar-refractivity contribution in [3.63, 3.8) is 0 Å². The van der Waals surface area contributed by atoms with Crippen LogP contribution in [-0.2, 0) is 19.0 Å². The third kappa shape index (κ3) is 6.26. The van der Waals surface area contributed by atoms with Crippen molar-refractivity contribution in [2.24, 2.45) is 0 Å². The van der Waals surface area contributed by atoms with Crippen LogP contribution in [0.5, 0.6) is 0 Å². The second-order valence-electron chi connectivity index (χ2n) is 8.19. The van der Waals surface area contributed by atoms with Crippen LogP contribution >= 0.6 is 23.6 Å². The second kappa shape index (κ2) is 10.1. The summed E-state index contributed by atoms with van der Waals surface area (Å²) in [6.45, 7) is 5.88. The molecule has 3 rings (SSSR count). The highest BCUT2D eigenvalue weighted by atomic mass is 32.1. The van der Waals surface area contributed by atoms with E-state index in [-0.39, 0.29) is 23.2 Å². The molecule has 0 aliphatic heterocycles. The molecule has 0 fully saturated rings. The maximum Gasteiger partial charge on any atom is 0.416 e. The van der Waals surface area contributed by atoms with Crippen LogP contribution in [0.4, 0.5) is 13.2 Å². The fraction of sp³-hybridized carbons (Fsp3) is 0.320. The van der Waals surface area contributed by atoms with E-state index in [1.54, 1.807) is 18.2 Å². The van der Waals surface area contributed by atoms with Gasteiger partial charge in [-0.3, -0.25) is 4.79 Å². The van der Waals surface area contributed by atoms with E-state index in [4.69, 9.17) is 12.2 Å². The molecule has 33 heavy (non-hydrogen) atoms. The fourth-order valence-electron chi connectivity index (χ4n) is 3.52. The molecular formula is C25H24F3NO2S2. The monoisotopic (exact) mass is 491 g/mol. The van der Waals surface area contributed by atoms with Gasteiger partial charge < -0.3 is 5.11 Å². The summed E-state index contributed by atoms with van der Waals surface area (Å²) in [6, 6.07) is 10.3. The van der Waals surface area contributed by atoms with Gasteiger partial charge >= 0.3 is 6.18 Å². The minimum absolute atomic E-state index is 0.00425. The number of benzene rings is 2. The predicted molar refractivity (Wildman–Crippen MR) is 129 cm³/mol. The molecule has 1 aromatic heterocycles.